The average Bonchev–Trinajstić information content (AvgIpc) is 2.03. The van der Waals surface area contributed by atoms with Crippen molar-refractivity contribution in [1.82, 2.24) is 0 Å². The Morgan fingerprint density at radius 3 is 2.64 bits per heavy atom. The number of rotatable bonds is 1. The predicted octanol–water partition coefficient (Wildman–Crippen LogP) is 3.42. The van der Waals surface area contributed by atoms with Crippen LogP contribution >= 0.6 is 0 Å². The van der Waals surface area contributed by atoms with Gasteiger partial charge in [0.25, 0.3) is 0 Å². The van der Waals surface area contributed by atoms with Crippen molar-refractivity contribution in [2.75, 3.05) is 0 Å². The minimum atomic E-state index is 1.32. The van der Waals surface area contributed by atoms with Crippen LogP contribution < -0.4 is 0 Å². The lowest BCUT2D eigenvalue weighted by atomic mass is 10.1. The summed E-state index contributed by atoms with van der Waals surface area (Å²) in [7, 11) is 0. The molecule has 0 unspecified atom stereocenters. The molecule has 0 saturated heterocycles. The quantitative estimate of drug-likeness (QED) is 0.569. The van der Waals surface area contributed by atoms with Crippen molar-refractivity contribution >= 4 is 5.57 Å². The highest BCUT2D eigenvalue weighted by Crippen LogP contribution is 2.13. The fourth-order valence-corrected chi connectivity index (χ4v) is 1.06. The molecule has 0 amide bonds. The van der Waals surface area contributed by atoms with Gasteiger partial charge in [0.05, 0.1) is 0 Å². The van der Waals surface area contributed by atoms with Gasteiger partial charge in [0, 0.05) is 0 Å². The lowest BCUT2D eigenvalue weighted by molar-refractivity contribution is 1.43. The van der Waals surface area contributed by atoms with Gasteiger partial charge in [-0.1, -0.05) is 35.9 Å². The molecular weight excluding hydrogens is 132 g/mol. The highest BCUT2D eigenvalue weighted by atomic mass is 14.0. The van der Waals surface area contributed by atoms with Gasteiger partial charge in [0.2, 0.25) is 0 Å². The molecule has 0 aromatic heterocycles. The number of benzene rings is 1. The molecule has 1 aromatic rings. The molecule has 0 aliphatic carbocycles. The maximum atomic E-state index is 2.20. The minimum Gasteiger partial charge on any atom is -0.0841 e. The topological polar surface area (TPSA) is 0 Å². The first-order valence-corrected chi connectivity index (χ1v) is 3.94. The summed E-state index contributed by atoms with van der Waals surface area (Å²) in [6.45, 7) is 6.32. The zero-order valence-electron chi connectivity index (χ0n) is 7.39. The molecule has 0 nitrogen and oxygen atoms in total. The van der Waals surface area contributed by atoms with E-state index in [9.17, 15) is 0 Å². The van der Waals surface area contributed by atoms with Crippen molar-refractivity contribution in [3.05, 3.63) is 41.5 Å². The van der Waals surface area contributed by atoms with Gasteiger partial charge < -0.3 is 0 Å². The lowest BCUT2D eigenvalue weighted by Gasteiger charge is -2.00. The van der Waals surface area contributed by atoms with E-state index >= 15 is 0 Å². The van der Waals surface area contributed by atoms with E-state index in [0.29, 0.717) is 0 Å². The van der Waals surface area contributed by atoms with Crippen LogP contribution in [0, 0.1) is 6.92 Å². The van der Waals surface area contributed by atoms with Crippen LogP contribution in [0.5, 0.6) is 0 Å². The summed E-state index contributed by atoms with van der Waals surface area (Å²) in [6, 6.07) is 8.56. The summed E-state index contributed by atoms with van der Waals surface area (Å²) >= 11 is 0. The number of hydrogen-bond donors (Lipinski definition) is 0. The molecule has 0 saturated carbocycles. The normalized spacial score (nSPS) is 11.7. The summed E-state index contributed by atoms with van der Waals surface area (Å²) in [5, 5.41) is 0. The second-order valence-corrected chi connectivity index (χ2v) is 2.84. The average molecular weight is 146 g/mol. The second kappa shape index (κ2) is 3.38. The molecule has 0 spiro atoms. The molecule has 1 aromatic carbocycles. The summed E-state index contributed by atoms with van der Waals surface area (Å²) < 4.78 is 0. The Morgan fingerprint density at radius 2 is 2.09 bits per heavy atom. The monoisotopic (exact) mass is 146 g/mol. The first-order chi connectivity index (χ1) is 5.24. The Bertz CT molecular complexity index is 269. The Labute approximate surface area is 68.6 Å². The maximum absolute atomic E-state index is 2.20. The molecule has 0 heteroatoms. The van der Waals surface area contributed by atoms with Gasteiger partial charge in [0.1, 0.15) is 0 Å². The fraction of sp³-hybridized carbons (Fsp3) is 0.273. The van der Waals surface area contributed by atoms with Crippen molar-refractivity contribution in [3.63, 3.8) is 0 Å². The van der Waals surface area contributed by atoms with Crippen LogP contribution in [-0.2, 0) is 0 Å². The van der Waals surface area contributed by atoms with Gasteiger partial charge in [-0.15, -0.1) is 0 Å². The highest BCUT2D eigenvalue weighted by molar-refractivity contribution is 5.63. The summed E-state index contributed by atoms with van der Waals surface area (Å²) in [6.07, 6.45) is 2.13. The van der Waals surface area contributed by atoms with Crippen molar-refractivity contribution in [3.8, 4) is 0 Å². The van der Waals surface area contributed by atoms with Crippen molar-refractivity contribution < 1.29 is 0 Å². The van der Waals surface area contributed by atoms with E-state index in [-0.39, 0.29) is 0 Å². The molecular formula is C11H14. The Morgan fingerprint density at radius 1 is 1.36 bits per heavy atom. The fourth-order valence-electron chi connectivity index (χ4n) is 1.06. The largest absolute Gasteiger partial charge is 0.0841 e. The second-order valence-electron chi connectivity index (χ2n) is 2.84. The van der Waals surface area contributed by atoms with E-state index in [1.807, 2.05) is 0 Å². The van der Waals surface area contributed by atoms with Crippen LogP contribution in [0.2, 0.25) is 0 Å². The minimum absolute atomic E-state index is 1.32. The van der Waals surface area contributed by atoms with Crippen LogP contribution in [0.25, 0.3) is 5.57 Å². The summed E-state index contributed by atoms with van der Waals surface area (Å²) in [5.41, 5.74) is 3.99. The van der Waals surface area contributed by atoms with Crippen LogP contribution in [0.4, 0.5) is 0 Å². The third-order valence-corrected chi connectivity index (χ3v) is 1.91. The zero-order chi connectivity index (χ0) is 8.27. The molecule has 0 aliphatic heterocycles. The lowest BCUT2D eigenvalue weighted by Crippen LogP contribution is -1.79. The van der Waals surface area contributed by atoms with Gasteiger partial charge in [-0.05, 0) is 31.9 Å². The Hall–Kier alpha value is -1.04. The molecule has 1 rings (SSSR count). The molecule has 0 bridgehead atoms. The Kier molecular flexibility index (Phi) is 2.48. The van der Waals surface area contributed by atoms with E-state index < -0.39 is 0 Å². The number of aryl methyl sites for hydroxylation is 1. The third kappa shape index (κ3) is 1.94. The van der Waals surface area contributed by atoms with Gasteiger partial charge in [0.15, 0.2) is 0 Å². The summed E-state index contributed by atoms with van der Waals surface area (Å²) in [5.74, 6) is 0. The van der Waals surface area contributed by atoms with E-state index in [2.05, 4.69) is 51.1 Å². The van der Waals surface area contributed by atoms with Crippen molar-refractivity contribution in [1.29, 1.82) is 0 Å². The highest BCUT2D eigenvalue weighted by Gasteiger charge is 1.92. The number of hydrogen-bond acceptors (Lipinski definition) is 0. The molecule has 0 heterocycles. The van der Waals surface area contributed by atoms with E-state index in [4.69, 9.17) is 0 Å². The van der Waals surface area contributed by atoms with Crippen molar-refractivity contribution in [2.24, 2.45) is 0 Å². The Balaban J connectivity index is 3.06. The molecule has 0 aliphatic rings. The van der Waals surface area contributed by atoms with Gasteiger partial charge in [-0.3, -0.25) is 0 Å². The van der Waals surface area contributed by atoms with Crippen LogP contribution in [0.15, 0.2) is 30.3 Å². The standard InChI is InChI=1S/C11H14/c1-4-10(3)11-7-5-6-9(2)8-11/h4-8H,1-3H3. The smallest absolute Gasteiger partial charge is 0.0228 e. The first-order valence-electron chi connectivity index (χ1n) is 3.94. The van der Waals surface area contributed by atoms with Gasteiger partial charge >= 0.3 is 0 Å². The molecule has 0 fully saturated rings. The van der Waals surface area contributed by atoms with E-state index in [0.717, 1.165) is 0 Å². The van der Waals surface area contributed by atoms with E-state index in [1.165, 1.54) is 16.7 Å². The van der Waals surface area contributed by atoms with Crippen LogP contribution in [0.1, 0.15) is 25.0 Å². The maximum Gasteiger partial charge on any atom is -0.0228 e. The molecule has 0 N–H and O–H groups in total. The van der Waals surface area contributed by atoms with E-state index in [1.54, 1.807) is 0 Å². The molecule has 58 valence electrons. The number of allylic oxidation sites excluding steroid dienone is 2. The third-order valence-electron chi connectivity index (χ3n) is 1.91. The zero-order valence-corrected chi connectivity index (χ0v) is 7.39. The molecule has 0 radical (unpaired) electrons. The molecule has 11 heavy (non-hydrogen) atoms. The van der Waals surface area contributed by atoms with Crippen LogP contribution in [-0.4, -0.2) is 0 Å². The van der Waals surface area contributed by atoms with Crippen LogP contribution in [0.3, 0.4) is 0 Å². The van der Waals surface area contributed by atoms with Crippen molar-refractivity contribution in [2.45, 2.75) is 20.8 Å². The van der Waals surface area contributed by atoms with Gasteiger partial charge in [-0.2, -0.15) is 0 Å². The summed E-state index contributed by atoms with van der Waals surface area (Å²) in [4.78, 5) is 0. The molecule has 0 atom stereocenters. The first kappa shape index (κ1) is 8.06. The van der Waals surface area contributed by atoms with Gasteiger partial charge in [-0.25, -0.2) is 0 Å². The SMILES string of the molecule is CC=C(C)c1cccc(C)c1. The predicted molar refractivity (Wildman–Crippen MR) is 50.5 cm³/mol.